The van der Waals surface area contributed by atoms with Gasteiger partial charge in [0.15, 0.2) is 5.49 Å². The number of carbonyl (C=O) groups excluding carboxylic acids is 1. The first-order valence-electron chi connectivity index (χ1n) is 11.2. The Hall–Kier alpha value is -3.26. The van der Waals surface area contributed by atoms with Gasteiger partial charge in [-0.25, -0.2) is 0 Å². The van der Waals surface area contributed by atoms with Gasteiger partial charge in [-0.3, -0.25) is 14.4 Å². The van der Waals surface area contributed by atoms with E-state index in [1.165, 1.54) is 21.2 Å². The third kappa shape index (κ3) is 4.10. The van der Waals surface area contributed by atoms with Gasteiger partial charge >= 0.3 is 0 Å². The molecule has 170 valence electrons. The minimum absolute atomic E-state index is 0.256. The molecule has 0 unspecified atom stereocenters. The summed E-state index contributed by atoms with van der Waals surface area (Å²) in [6.07, 6.45) is 3.93. The van der Waals surface area contributed by atoms with Gasteiger partial charge in [0.2, 0.25) is 5.91 Å². The van der Waals surface area contributed by atoms with Gasteiger partial charge in [0.05, 0.1) is 12.2 Å². The largest absolute Gasteiger partial charge is 0.369 e. The van der Waals surface area contributed by atoms with Crippen molar-refractivity contribution in [1.29, 1.82) is 0 Å². The smallest absolute Gasteiger partial charge is 0.231 e. The predicted molar refractivity (Wildman–Crippen MR) is 128 cm³/mol. The normalized spacial score (nSPS) is 16.3. The van der Waals surface area contributed by atoms with Gasteiger partial charge < -0.3 is 22.4 Å². The van der Waals surface area contributed by atoms with Crippen molar-refractivity contribution < 1.29 is 4.79 Å². The van der Waals surface area contributed by atoms with Crippen LogP contribution in [0.1, 0.15) is 55.2 Å². The van der Waals surface area contributed by atoms with Crippen LogP contribution in [0.15, 0.2) is 35.6 Å². The average molecular weight is 436 g/mol. The van der Waals surface area contributed by atoms with Gasteiger partial charge in [-0.2, -0.15) is 5.10 Å². The highest BCUT2D eigenvalue weighted by Crippen LogP contribution is 2.38. The maximum Gasteiger partial charge on any atom is 0.231 e. The number of piperidine rings is 1. The van der Waals surface area contributed by atoms with E-state index in [1.54, 1.807) is 0 Å². The van der Waals surface area contributed by atoms with Crippen molar-refractivity contribution in [3.8, 4) is 11.3 Å². The molecule has 1 aliphatic rings. The molecule has 2 aromatic heterocycles. The highest BCUT2D eigenvalue weighted by atomic mass is 16.1. The third-order valence-electron chi connectivity index (χ3n) is 6.54. The Morgan fingerprint density at radius 2 is 1.97 bits per heavy atom. The summed E-state index contributed by atoms with van der Waals surface area (Å²) in [5, 5.41) is 5.04. The number of aryl methyl sites for hydroxylation is 1. The zero-order valence-corrected chi connectivity index (χ0v) is 19.1. The molecule has 0 atom stereocenters. The molecule has 8 heteroatoms. The number of nitrogen functional groups attached to an aromatic ring is 1. The van der Waals surface area contributed by atoms with Gasteiger partial charge in [-0.15, -0.1) is 0 Å². The first-order chi connectivity index (χ1) is 15.3. The first-order valence-corrected chi connectivity index (χ1v) is 11.2. The molecule has 7 N–H and O–H groups in total. The number of hydrogen-bond donors (Lipinski definition) is 4. The summed E-state index contributed by atoms with van der Waals surface area (Å²) in [7, 11) is 0. The molecule has 0 spiro atoms. The number of H-pyrrole nitrogens is 1. The van der Waals surface area contributed by atoms with Crippen LogP contribution in [-0.2, 0) is 4.79 Å². The van der Waals surface area contributed by atoms with Crippen LogP contribution >= 0.6 is 0 Å². The van der Waals surface area contributed by atoms with Crippen molar-refractivity contribution in [2.24, 2.45) is 16.7 Å². The number of benzene rings is 1. The molecular weight excluding hydrogens is 402 g/mol. The molecule has 1 aliphatic heterocycles. The number of primary amides is 1. The number of aromatic amines is 1. The van der Waals surface area contributed by atoms with Crippen LogP contribution in [0.5, 0.6) is 0 Å². The maximum absolute atomic E-state index is 11.2. The lowest BCUT2D eigenvalue weighted by molar-refractivity contribution is -0.119. The molecule has 8 nitrogen and oxygen atoms in total. The number of amides is 1. The monoisotopic (exact) mass is 435 g/mol. The van der Waals surface area contributed by atoms with Crippen molar-refractivity contribution in [2.75, 3.05) is 25.5 Å². The molecule has 32 heavy (non-hydrogen) atoms. The van der Waals surface area contributed by atoms with Crippen LogP contribution in [0.25, 0.3) is 22.2 Å². The van der Waals surface area contributed by atoms with E-state index in [2.05, 4.69) is 53.1 Å². The molecule has 0 aliphatic carbocycles. The topological polar surface area (TPSA) is 131 Å². The highest BCUT2D eigenvalue weighted by molar-refractivity contribution is 5.92. The Kier molecular flexibility index (Phi) is 5.97. The zero-order chi connectivity index (χ0) is 23.0. The van der Waals surface area contributed by atoms with Crippen molar-refractivity contribution in [3.05, 3.63) is 52.6 Å². The zero-order valence-electron chi connectivity index (χ0n) is 19.1. The second-order valence-electron chi connectivity index (χ2n) is 9.16. The summed E-state index contributed by atoms with van der Waals surface area (Å²) in [4.78, 5) is 17.0. The quantitative estimate of drug-likeness (QED) is 0.361. The molecule has 1 fully saturated rings. The molecule has 1 amide bonds. The Morgan fingerprint density at radius 1 is 1.25 bits per heavy atom. The molecule has 3 aromatic rings. The minimum Gasteiger partial charge on any atom is -0.369 e. The van der Waals surface area contributed by atoms with E-state index in [-0.39, 0.29) is 5.91 Å². The number of likely N-dealkylation sites (tertiary alicyclic amines) is 1. The summed E-state index contributed by atoms with van der Waals surface area (Å²) < 4.78 is 1.48. The number of nitrogens with zero attached hydrogens (tertiary/aromatic N) is 3. The lowest BCUT2D eigenvalue weighted by atomic mass is 9.87. The van der Waals surface area contributed by atoms with Crippen molar-refractivity contribution >= 4 is 16.8 Å². The number of fused-ring (bicyclic) bond motifs is 1. The lowest BCUT2D eigenvalue weighted by Crippen LogP contribution is -2.39. The molecule has 0 radical (unpaired) electrons. The number of nitrogens with one attached hydrogen (secondary N) is 1. The first kappa shape index (κ1) is 22.0. The summed E-state index contributed by atoms with van der Waals surface area (Å²) >= 11 is 0. The van der Waals surface area contributed by atoms with E-state index in [1.807, 2.05) is 13.1 Å². The third-order valence-corrected chi connectivity index (χ3v) is 6.54. The van der Waals surface area contributed by atoms with Gasteiger partial charge in [-0.05, 0) is 79.6 Å². The second kappa shape index (κ2) is 8.70. The van der Waals surface area contributed by atoms with Crippen LogP contribution in [0.3, 0.4) is 0 Å². The van der Waals surface area contributed by atoms with E-state index in [0.29, 0.717) is 23.9 Å². The summed E-state index contributed by atoms with van der Waals surface area (Å²) in [6, 6.07) is 8.82. The van der Waals surface area contributed by atoms with Gasteiger partial charge in [0, 0.05) is 22.7 Å². The lowest BCUT2D eigenvalue weighted by Gasteiger charge is -2.31. The number of aromatic nitrogens is 2. The van der Waals surface area contributed by atoms with Crippen LogP contribution in [-0.4, -0.2) is 40.1 Å². The van der Waals surface area contributed by atoms with Crippen LogP contribution in [0.2, 0.25) is 0 Å². The Morgan fingerprint density at radius 3 is 2.56 bits per heavy atom. The minimum atomic E-state index is -0.256. The Labute approximate surface area is 188 Å². The van der Waals surface area contributed by atoms with Crippen LogP contribution in [0, 0.1) is 6.92 Å². The van der Waals surface area contributed by atoms with Gasteiger partial charge in [-0.1, -0.05) is 19.9 Å². The molecule has 1 saturated heterocycles. The molecule has 4 rings (SSSR count). The molecule has 3 heterocycles. The predicted octanol–water partition coefficient (Wildman–Crippen LogP) is 2.22. The number of rotatable bonds is 5. The van der Waals surface area contributed by atoms with E-state index in [9.17, 15) is 4.79 Å². The SMILES string of the molecule is Cc1cc(-c2[nH]c3ccc(C4CCN(CC(N)=O)CC4)cc3c2C(C)C)cn(N)/c1=N\N. The van der Waals surface area contributed by atoms with Gasteiger partial charge in [0.1, 0.15) is 0 Å². The molecule has 0 bridgehead atoms. The fourth-order valence-corrected chi connectivity index (χ4v) is 5.01. The van der Waals surface area contributed by atoms with Crippen molar-refractivity contribution in [3.63, 3.8) is 0 Å². The Balaban J connectivity index is 1.72. The van der Waals surface area contributed by atoms with Crippen molar-refractivity contribution in [2.45, 2.75) is 45.4 Å². The fraction of sp³-hybridized carbons (Fsp3) is 0.417. The number of hydrogen-bond acceptors (Lipinski definition) is 5. The van der Waals surface area contributed by atoms with E-state index in [4.69, 9.17) is 17.4 Å². The molecular formula is C24H33N7O. The highest BCUT2D eigenvalue weighted by Gasteiger charge is 2.23. The average Bonchev–Trinajstić information content (AvgIpc) is 3.12. The summed E-state index contributed by atoms with van der Waals surface area (Å²) in [6.45, 7) is 8.53. The summed E-state index contributed by atoms with van der Waals surface area (Å²) in [5.41, 5.74) is 12.7. The number of nitrogens with two attached hydrogens (primary N) is 3. The second-order valence-corrected chi connectivity index (χ2v) is 9.16. The van der Waals surface area contributed by atoms with Crippen molar-refractivity contribution in [1.82, 2.24) is 14.6 Å². The maximum atomic E-state index is 11.2. The Bertz CT molecular complexity index is 1190. The summed E-state index contributed by atoms with van der Waals surface area (Å²) in [5.74, 6) is 12.2. The fourth-order valence-electron chi connectivity index (χ4n) is 5.01. The van der Waals surface area contributed by atoms with Gasteiger partial charge in [0.25, 0.3) is 0 Å². The molecule has 0 saturated carbocycles. The molecule has 1 aromatic carbocycles. The van der Waals surface area contributed by atoms with E-state index >= 15 is 0 Å². The standard InChI is InChI=1S/C24H33N7O/c1-14(2)22-19-11-17(16-6-8-30(9-7-16)13-21(25)32)4-5-20(19)28-23(22)18-10-15(3)24(29-26)31(27)12-18/h4-5,10-12,14,16,28H,6-9,13,26-27H2,1-3H3,(H2,25,32)/b29-24-. The van der Waals surface area contributed by atoms with Crippen LogP contribution in [0.4, 0.5) is 0 Å². The number of carbonyl (C=O) groups is 1. The van der Waals surface area contributed by atoms with Crippen LogP contribution < -0.4 is 22.9 Å². The van der Waals surface area contributed by atoms with E-state index in [0.717, 1.165) is 48.3 Å². The van der Waals surface area contributed by atoms with E-state index < -0.39 is 0 Å². The number of pyridine rings is 1.